The standard InChI is InChI=1S/C34H52N2O7/c1-19(5-6-20(2)38)24-9-10-25-23-8-7-21-17-22(11-14-33(21,3)26(23)12-15-34(24,25)4)42-30-29(40)27(18-37)43-31(30)36-16-13-28(39)35-32(36)41/h13,16,19,21-27,29-31,37,40H,5-12,14-15,17-18H2,1-4H3,(H,35,39,41)/t19?,21?,22-,23?,24?,25?,26?,27-,29?,30+,31-,33?,34?/m1/s1. The van der Waals surface area contributed by atoms with Crippen LogP contribution in [-0.2, 0) is 14.3 Å². The van der Waals surface area contributed by atoms with Crippen LogP contribution in [0, 0.1) is 46.3 Å². The average molecular weight is 601 g/mol. The largest absolute Gasteiger partial charge is 0.394 e. The first kappa shape index (κ1) is 31.2. The summed E-state index contributed by atoms with van der Waals surface area (Å²) < 4.78 is 13.7. The molecule has 4 aliphatic carbocycles. The van der Waals surface area contributed by atoms with Gasteiger partial charge in [0.2, 0.25) is 0 Å². The van der Waals surface area contributed by atoms with Crippen LogP contribution >= 0.6 is 0 Å². The van der Waals surface area contributed by atoms with E-state index in [0.29, 0.717) is 29.5 Å². The molecule has 3 N–H and O–H groups in total. The van der Waals surface area contributed by atoms with Crippen molar-refractivity contribution in [2.24, 2.45) is 46.3 Å². The van der Waals surface area contributed by atoms with Gasteiger partial charge in [-0.2, -0.15) is 0 Å². The number of aromatic amines is 1. The minimum Gasteiger partial charge on any atom is -0.394 e. The summed E-state index contributed by atoms with van der Waals surface area (Å²) in [5.41, 5.74) is -0.469. The second-order valence-corrected chi connectivity index (χ2v) is 15.4. The highest BCUT2D eigenvalue weighted by molar-refractivity contribution is 5.75. The van der Waals surface area contributed by atoms with Gasteiger partial charge in [-0.25, -0.2) is 4.79 Å². The molecule has 9 nitrogen and oxygen atoms in total. The maximum atomic E-state index is 12.6. The van der Waals surface area contributed by atoms with Crippen molar-refractivity contribution in [3.05, 3.63) is 33.1 Å². The van der Waals surface area contributed by atoms with Gasteiger partial charge in [-0.05, 0) is 117 Å². The highest BCUT2D eigenvalue weighted by Gasteiger charge is 2.61. The number of rotatable bonds is 8. The Morgan fingerprint density at radius 2 is 1.86 bits per heavy atom. The molecule has 1 saturated heterocycles. The van der Waals surface area contributed by atoms with Gasteiger partial charge in [0.1, 0.15) is 24.1 Å². The Kier molecular flexibility index (Phi) is 8.59. The maximum Gasteiger partial charge on any atom is 0.330 e. The second kappa shape index (κ2) is 11.8. The van der Waals surface area contributed by atoms with Crippen molar-refractivity contribution in [3.63, 3.8) is 0 Å². The monoisotopic (exact) mass is 600 g/mol. The third-order valence-corrected chi connectivity index (χ3v) is 13.3. The fraction of sp³-hybridized carbons (Fsp3) is 0.853. The minimum absolute atomic E-state index is 0.0666. The molecule has 1 aliphatic heterocycles. The Morgan fingerprint density at radius 1 is 1.12 bits per heavy atom. The summed E-state index contributed by atoms with van der Waals surface area (Å²) in [4.78, 5) is 38.1. The third kappa shape index (κ3) is 5.40. The van der Waals surface area contributed by atoms with Crippen molar-refractivity contribution in [1.29, 1.82) is 0 Å². The minimum atomic E-state index is -1.08. The molecule has 4 saturated carbocycles. The molecule has 0 amide bonds. The van der Waals surface area contributed by atoms with Crippen molar-refractivity contribution < 1.29 is 24.5 Å². The smallest absolute Gasteiger partial charge is 0.330 e. The number of nitrogens with one attached hydrogen (secondary N) is 1. The van der Waals surface area contributed by atoms with E-state index in [1.54, 1.807) is 6.92 Å². The predicted molar refractivity (Wildman–Crippen MR) is 161 cm³/mol. The molecular weight excluding hydrogens is 548 g/mol. The van der Waals surface area contributed by atoms with Crippen LogP contribution < -0.4 is 11.2 Å². The topological polar surface area (TPSA) is 131 Å². The van der Waals surface area contributed by atoms with Gasteiger partial charge >= 0.3 is 5.69 Å². The summed E-state index contributed by atoms with van der Waals surface area (Å²) in [6, 6.07) is 1.25. The lowest BCUT2D eigenvalue weighted by Crippen LogP contribution is -2.54. The van der Waals surface area contributed by atoms with Crippen LogP contribution in [0.5, 0.6) is 0 Å². The maximum absolute atomic E-state index is 12.6. The van der Waals surface area contributed by atoms with Gasteiger partial charge in [-0.1, -0.05) is 20.8 Å². The Labute approximate surface area is 254 Å². The zero-order chi connectivity index (χ0) is 30.7. The molecule has 13 atom stereocenters. The Morgan fingerprint density at radius 3 is 2.58 bits per heavy atom. The van der Waals surface area contributed by atoms with Crippen molar-refractivity contribution in [3.8, 4) is 0 Å². The molecule has 5 fully saturated rings. The van der Waals surface area contributed by atoms with Gasteiger partial charge in [-0.15, -0.1) is 0 Å². The van der Waals surface area contributed by atoms with E-state index in [1.165, 1.54) is 55.4 Å². The van der Waals surface area contributed by atoms with Gasteiger partial charge in [0.15, 0.2) is 6.23 Å². The fourth-order valence-corrected chi connectivity index (χ4v) is 11.0. The van der Waals surface area contributed by atoms with Crippen molar-refractivity contribution in [1.82, 2.24) is 9.55 Å². The van der Waals surface area contributed by atoms with Crippen LogP contribution in [0.25, 0.3) is 0 Å². The molecule has 5 aliphatic rings. The number of aliphatic hydroxyl groups is 2. The molecule has 1 aromatic heterocycles. The van der Waals surface area contributed by atoms with E-state index in [4.69, 9.17) is 9.47 Å². The highest BCUT2D eigenvalue weighted by Crippen LogP contribution is 2.68. The number of nitrogens with zero attached hydrogens (tertiary/aromatic N) is 1. The van der Waals surface area contributed by atoms with E-state index < -0.39 is 35.8 Å². The number of ether oxygens (including phenoxy) is 2. The molecule has 43 heavy (non-hydrogen) atoms. The summed E-state index contributed by atoms with van der Waals surface area (Å²) in [5.74, 6) is 4.46. The van der Waals surface area contributed by atoms with Crippen molar-refractivity contribution >= 4 is 5.78 Å². The summed E-state index contributed by atoms with van der Waals surface area (Å²) in [6.45, 7) is 8.83. The summed E-state index contributed by atoms with van der Waals surface area (Å²) in [6.07, 6.45) is 9.92. The van der Waals surface area contributed by atoms with Crippen LogP contribution in [0.15, 0.2) is 21.9 Å². The predicted octanol–water partition coefficient (Wildman–Crippen LogP) is 4.21. The van der Waals surface area contributed by atoms with E-state index in [-0.39, 0.29) is 18.1 Å². The lowest BCUT2D eigenvalue weighted by molar-refractivity contribution is -0.162. The Bertz CT molecular complexity index is 1290. The molecule has 0 bridgehead atoms. The number of carbonyl (C=O) groups is 1. The number of aromatic nitrogens is 2. The van der Waals surface area contributed by atoms with Crippen LogP contribution in [-0.4, -0.2) is 56.6 Å². The zero-order valence-corrected chi connectivity index (χ0v) is 26.4. The number of carbonyl (C=O) groups excluding carboxylic acids is 1. The van der Waals surface area contributed by atoms with Crippen LogP contribution in [0.1, 0.15) is 105 Å². The lowest BCUT2D eigenvalue weighted by atomic mass is 9.44. The van der Waals surface area contributed by atoms with Crippen molar-refractivity contribution in [2.75, 3.05) is 6.61 Å². The van der Waals surface area contributed by atoms with E-state index in [0.717, 1.165) is 49.4 Å². The number of H-pyrrole nitrogens is 1. The summed E-state index contributed by atoms with van der Waals surface area (Å²) in [7, 11) is 0. The summed E-state index contributed by atoms with van der Waals surface area (Å²) >= 11 is 0. The number of fused-ring (bicyclic) bond motifs is 5. The number of aliphatic hydroxyl groups excluding tert-OH is 2. The molecule has 6 rings (SSSR count). The van der Waals surface area contributed by atoms with Gasteiger partial charge < -0.3 is 24.5 Å². The zero-order valence-electron chi connectivity index (χ0n) is 26.4. The lowest BCUT2D eigenvalue weighted by Gasteiger charge is -2.61. The number of hydrogen-bond acceptors (Lipinski definition) is 7. The third-order valence-electron chi connectivity index (χ3n) is 13.3. The average Bonchev–Trinajstić information content (AvgIpc) is 3.48. The second-order valence-electron chi connectivity index (χ2n) is 15.4. The molecule has 0 aromatic carbocycles. The molecule has 2 heterocycles. The SMILES string of the molecule is CC(=O)CCC(C)C1CCC2C3CCC4C[C@H](O[C@H]5C(O)[C@@H](CO)O[C@H]5n5ccc(=O)[nH]c5=O)CCC4(C)C3CCC12C. The molecule has 9 heteroatoms. The summed E-state index contributed by atoms with van der Waals surface area (Å²) in [5, 5.41) is 20.8. The van der Waals surface area contributed by atoms with E-state index in [1.807, 2.05) is 0 Å². The quantitative estimate of drug-likeness (QED) is 0.408. The van der Waals surface area contributed by atoms with Gasteiger partial charge in [0.05, 0.1) is 12.7 Å². The van der Waals surface area contributed by atoms with Gasteiger partial charge in [0, 0.05) is 18.7 Å². The fourth-order valence-electron chi connectivity index (χ4n) is 11.0. The molecule has 9 unspecified atom stereocenters. The Balaban J connectivity index is 1.14. The highest BCUT2D eigenvalue weighted by atomic mass is 16.6. The van der Waals surface area contributed by atoms with E-state index in [2.05, 4.69) is 25.8 Å². The van der Waals surface area contributed by atoms with Gasteiger partial charge in [-0.3, -0.25) is 14.3 Å². The molecule has 1 aromatic rings. The first-order chi connectivity index (χ1) is 20.5. The molecular formula is C34H52N2O7. The van der Waals surface area contributed by atoms with E-state index >= 15 is 0 Å². The van der Waals surface area contributed by atoms with Gasteiger partial charge in [0.25, 0.3) is 5.56 Å². The first-order valence-corrected chi connectivity index (χ1v) is 16.9. The number of hydrogen-bond donors (Lipinski definition) is 3. The molecule has 0 spiro atoms. The molecule has 240 valence electrons. The van der Waals surface area contributed by atoms with Crippen LogP contribution in [0.2, 0.25) is 0 Å². The first-order valence-electron chi connectivity index (χ1n) is 16.9. The number of Topliss-reactive ketones (excluding diaryl/α,β-unsaturated/α-hetero) is 1. The van der Waals surface area contributed by atoms with E-state index in [9.17, 15) is 24.6 Å². The number of ketones is 1. The van der Waals surface area contributed by atoms with Crippen molar-refractivity contribution in [2.45, 2.75) is 129 Å². The van der Waals surface area contributed by atoms with Crippen LogP contribution in [0.3, 0.4) is 0 Å². The Hall–Kier alpha value is -1.81. The normalized spacial score (nSPS) is 44.8. The van der Waals surface area contributed by atoms with Crippen LogP contribution in [0.4, 0.5) is 0 Å². The molecule has 0 radical (unpaired) electrons.